The third-order valence-electron chi connectivity index (χ3n) is 4.79. The quantitative estimate of drug-likeness (QED) is 0.882. The maximum absolute atomic E-state index is 4.65. The predicted octanol–water partition coefficient (Wildman–Crippen LogP) is 0.664. The molecule has 22 heavy (non-hydrogen) atoms. The molecule has 2 aliphatic heterocycles. The van der Waals surface area contributed by atoms with Crippen LogP contribution in [0.25, 0.3) is 0 Å². The maximum atomic E-state index is 4.65. The van der Waals surface area contributed by atoms with Crippen LogP contribution < -0.4 is 15.1 Å². The highest BCUT2D eigenvalue weighted by atomic mass is 15.3. The van der Waals surface area contributed by atoms with Gasteiger partial charge in [0.15, 0.2) is 0 Å². The molecule has 2 fully saturated rings. The summed E-state index contributed by atoms with van der Waals surface area (Å²) in [4.78, 5) is 15.9. The number of nitrogens with one attached hydrogen (secondary N) is 1. The zero-order valence-corrected chi connectivity index (χ0v) is 14.0. The molecule has 3 heterocycles. The molecule has 6 nitrogen and oxygen atoms in total. The van der Waals surface area contributed by atoms with Gasteiger partial charge >= 0.3 is 0 Å². The number of anilines is 2. The Balaban J connectivity index is 1.56. The maximum Gasteiger partial charge on any atom is 0.226 e. The average molecular weight is 304 g/mol. The number of nitrogens with zero attached hydrogens (tertiary/aromatic N) is 5. The molecule has 3 rings (SSSR count). The molecule has 1 N–H and O–H groups in total. The fourth-order valence-electron chi connectivity index (χ4n) is 3.41. The van der Waals surface area contributed by atoms with Gasteiger partial charge in [-0.2, -0.15) is 4.98 Å². The molecule has 0 aliphatic carbocycles. The summed E-state index contributed by atoms with van der Waals surface area (Å²) in [7, 11) is 3.96. The lowest BCUT2D eigenvalue weighted by atomic mass is 9.89. The molecule has 0 bridgehead atoms. The summed E-state index contributed by atoms with van der Waals surface area (Å²) in [6.45, 7) is 10.3. The van der Waals surface area contributed by atoms with E-state index in [-0.39, 0.29) is 0 Å². The van der Waals surface area contributed by atoms with Gasteiger partial charge in [0.25, 0.3) is 0 Å². The summed E-state index contributed by atoms with van der Waals surface area (Å²) in [6, 6.07) is 2.02. The fourth-order valence-corrected chi connectivity index (χ4v) is 3.41. The first-order valence-electron chi connectivity index (χ1n) is 8.24. The second-order valence-corrected chi connectivity index (χ2v) is 7.11. The van der Waals surface area contributed by atoms with E-state index < -0.39 is 0 Å². The van der Waals surface area contributed by atoms with E-state index in [0.717, 1.165) is 44.5 Å². The lowest BCUT2D eigenvalue weighted by Crippen LogP contribution is -2.50. The van der Waals surface area contributed by atoms with Gasteiger partial charge in [-0.1, -0.05) is 6.92 Å². The van der Waals surface area contributed by atoms with Crippen molar-refractivity contribution in [1.82, 2.24) is 20.2 Å². The Kier molecular flexibility index (Phi) is 4.49. The highest BCUT2D eigenvalue weighted by molar-refractivity contribution is 5.43. The molecule has 1 aromatic rings. The minimum absolute atomic E-state index is 0.454. The van der Waals surface area contributed by atoms with E-state index in [2.05, 4.69) is 32.0 Å². The van der Waals surface area contributed by atoms with Gasteiger partial charge in [-0.05, 0) is 24.4 Å². The zero-order chi connectivity index (χ0) is 15.6. The molecule has 0 aromatic carbocycles. The Morgan fingerprint density at radius 1 is 1.27 bits per heavy atom. The van der Waals surface area contributed by atoms with E-state index in [1.807, 2.05) is 31.3 Å². The van der Waals surface area contributed by atoms with Crippen LogP contribution in [0.2, 0.25) is 0 Å². The second-order valence-electron chi connectivity index (χ2n) is 7.11. The largest absolute Gasteiger partial charge is 0.354 e. The van der Waals surface area contributed by atoms with Crippen LogP contribution in [-0.2, 0) is 0 Å². The van der Waals surface area contributed by atoms with E-state index in [0.29, 0.717) is 5.41 Å². The summed E-state index contributed by atoms with van der Waals surface area (Å²) in [5.41, 5.74) is 0.454. The molecule has 0 spiro atoms. The first-order valence-corrected chi connectivity index (χ1v) is 8.24. The lowest BCUT2D eigenvalue weighted by molar-refractivity contribution is 0.169. The van der Waals surface area contributed by atoms with Crippen LogP contribution in [0.4, 0.5) is 11.8 Å². The van der Waals surface area contributed by atoms with Crippen molar-refractivity contribution in [3.05, 3.63) is 12.3 Å². The van der Waals surface area contributed by atoms with E-state index >= 15 is 0 Å². The highest BCUT2D eigenvalue weighted by Crippen LogP contribution is 2.26. The lowest BCUT2D eigenvalue weighted by Gasteiger charge is -2.39. The number of aromatic nitrogens is 2. The first kappa shape index (κ1) is 15.5. The number of hydrogen-bond donors (Lipinski definition) is 1. The van der Waals surface area contributed by atoms with Crippen LogP contribution in [0.15, 0.2) is 12.3 Å². The number of rotatable bonds is 4. The van der Waals surface area contributed by atoms with E-state index in [4.69, 9.17) is 0 Å². The van der Waals surface area contributed by atoms with Crippen molar-refractivity contribution in [2.75, 3.05) is 69.7 Å². The molecular weight excluding hydrogens is 276 g/mol. The first-order chi connectivity index (χ1) is 10.6. The van der Waals surface area contributed by atoms with Crippen molar-refractivity contribution in [3.63, 3.8) is 0 Å². The molecule has 0 radical (unpaired) electrons. The Labute approximate surface area is 133 Å². The van der Waals surface area contributed by atoms with Gasteiger partial charge < -0.3 is 15.1 Å². The van der Waals surface area contributed by atoms with Crippen molar-refractivity contribution in [2.24, 2.45) is 5.41 Å². The van der Waals surface area contributed by atoms with Crippen LogP contribution >= 0.6 is 0 Å². The zero-order valence-electron chi connectivity index (χ0n) is 14.0. The molecular formula is C16H28N6. The van der Waals surface area contributed by atoms with Crippen molar-refractivity contribution in [1.29, 1.82) is 0 Å². The standard InChI is InChI=1S/C16H28N6/c1-16(5-7-17-12-16)13-21-8-10-22(11-9-21)14-4-6-18-15(19-14)20(2)3/h4,6,17H,5,7-13H2,1-3H3. The Hall–Kier alpha value is -1.40. The molecule has 0 saturated carbocycles. The van der Waals surface area contributed by atoms with Crippen molar-refractivity contribution in [2.45, 2.75) is 13.3 Å². The molecule has 2 aliphatic rings. The van der Waals surface area contributed by atoms with Crippen molar-refractivity contribution >= 4 is 11.8 Å². The summed E-state index contributed by atoms with van der Waals surface area (Å²) in [5.74, 6) is 1.83. The number of hydrogen-bond acceptors (Lipinski definition) is 6. The average Bonchev–Trinajstić information content (AvgIpc) is 2.94. The SMILES string of the molecule is CN(C)c1nccc(N2CCN(CC3(C)CCNC3)CC2)n1. The topological polar surface area (TPSA) is 47.5 Å². The third-order valence-corrected chi connectivity index (χ3v) is 4.79. The molecule has 1 aromatic heterocycles. The van der Waals surface area contributed by atoms with Gasteiger partial charge in [0.1, 0.15) is 5.82 Å². The van der Waals surface area contributed by atoms with Gasteiger partial charge in [0, 0.05) is 59.6 Å². The van der Waals surface area contributed by atoms with Gasteiger partial charge in [0.2, 0.25) is 5.95 Å². The Morgan fingerprint density at radius 3 is 2.68 bits per heavy atom. The smallest absolute Gasteiger partial charge is 0.226 e. The third kappa shape index (κ3) is 3.50. The van der Waals surface area contributed by atoms with Gasteiger partial charge in [0.05, 0.1) is 0 Å². The summed E-state index contributed by atoms with van der Waals surface area (Å²) >= 11 is 0. The van der Waals surface area contributed by atoms with E-state index in [1.165, 1.54) is 19.5 Å². The van der Waals surface area contributed by atoms with E-state index in [9.17, 15) is 0 Å². The molecule has 122 valence electrons. The van der Waals surface area contributed by atoms with Crippen LogP contribution in [0.1, 0.15) is 13.3 Å². The minimum atomic E-state index is 0.454. The van der Waals surface area contributed by atoms with Crippen LogP contribution in [-0.4, -0.2) is 74.8 Å². The van der Waals surface area contributed by atoms with E-state index in [1.54, 1.807) is 0 Å². The Morgan fingerprint density at radius 2 is 2.05 bits per heavy atom. The normalized spacial score (nSPS) is 26.4. The predicted molar refractivity (Wildman–Crippen MR) is 90.6 cm³/mol. The molecule has 2 saturated heterocycles. The molecule has 0 amide bonds. The molecule has 1 atom stereocenters. The van der Waals surface area contributed by atoms with Crippen LogP contribution in [0.5, 0.6) is 0 Å². The summed E-state index contributed by atoms with van der Waals surface area (Å²) < 4.78 is 0. The molecule has 1 unspecified atom stereocenters. The fraction of sp³-hybridized carbons (Fsp3) is 0.750. The van der Waals surface area contributed by atoms with Crippen LogP contribution in [0, 0.1) is 5.41 Å². The summed E-state index contributed by atoms with van der Waals surface area (Å²) in [6.07, 6.45) is 3.15. The van der Waals surface area contributed by atoms with Crippen molar-refractivity contribution in [3.8, 4) is 0 Å². The van der Waals surface area contributed by atoms with Gasteiger partial charge in [-0.3, -0.25) is 4.90 Å². The molecule has 6 heteroatoms. The van der Waals surface area contributed by atoms with Gasteiger partial charge in [-0.25, -0.2) is 4.98 Å². The monoisotopic (exact) mass is 304 g/mol. The highest BCUT2D eigenvalue weighted by Gasteiger charge is 2.31. The number of piperazine rings is 1. The van der Waals surface area contributed by atoms with Crippen LogP contribution in [0.3, 0.4) is 0 Å². The summed E-state index contributed by atoms with van der Waals surface area (Å²) in [5, 5.41) is 3.50. The second kappa shape index (κ2) is 6.38. The minimum Gasteiger partial charge on any atom is -0.354 e. The van der Waals surface area contributed by atoms with Gasteiger partial charge in [-0.15, -0.1) is 0 Å². The Bertz CT molecular complexity index is 489. The van der Waals surface area contributed by atoms with Crippen molar-refractivity contribution < 1.29 is 0 Å².